The molecule has 0 amide bonds. The minimum absolute atomic E-state index is 0.296. The first-order valence-electron chi connectivity index (χ1n) is 12.2. The molecule has 192 valence electrons. The van der Waals surface area contributed by atoms with Gasteiger partial charge in [0.25, 0.3) is 0 Å². The van der Waals surface area contributed by atoms with Crippen molar-refractivity contribution < 1.29 is 19.8 Å². The molecule has 3 rings (SSSR count). The lowest BCUT2D eigenvalue weighted by Crippen LogP contribution is -2.16. The minimum atomic E-state index is -1.08. The second-order valence-corrected chi connectivity index (χ2v) is 10.8. The zero-order valence-corrected chi connectivity index (χ0v) is 22.0. The molecular weight excluding hydrogens is 464 g/mol. The van der Waals surface area contributed by atoms with Gasteiger partial charge in [0.15, 0.2) is 0 Å². The molecule has 2 aromatic carbocycles. The third-order valence-corrected chi connectivity index (χ3v) is 6.29. The molecule has 0 aromatic heterocycles. The Labute approximate surface area is 214 Å². The number of aliphatic carboxylic acids is 2. The molecule has 0 spiro atoms. The highest BCUT2D eigenvalue weighted by atomic mass is 35.5. The largest absolute Gasteiger partial charge is 0.481 e. The molecule has 2 aromatic rings. The molecule has 0 fully saturated rings. The Morgan fingerprint density at radius 3 is 2.17 bits per heavy atom. The molecule has 0 saturated carbocycles. The van der Waals surface area contributed by atoms with E-state index in [-0.39, 0.29) is 12.8 Å². The van der Waals surface area contributed by atoms with Gasteiger partial charge in [-0.2, -0.15) is 0 Å². The van der Waals surface area contributed by atoms with Crippen LogP contribution in [0.3, 0.4) is 0 Å². The third kappa shape index (κ3) is 10.3. The summed E-state index contributed by atoms with van der Waals surface area (Å²) in [6.45, 7) is 12.1. The van der Waals surface area contributed by atoms with Gasteiger partial charge in [0.1, 0.15) is 0 Å². The summed E-state index contributed by atoms with van der Waals surface area (Å²) in [5.41, 5.74) is 6.98. The van der Waals surface area contributed by atoms with Gasteiger partial charge in [0.05, 0.1) is 23.6 Å². The van der Waals surface area contributed by atoms with Gasteiger partial charge in [-0.25, -0.2) is 0 Å². The Hall–Kier alpha value is -2.57. The van der Waals surface area contributed by atoms with Crippen molar-refractivity contribution in [3.63, 3.8) is 0 Å². The van der Waals surface area contributed by atoms with Crippen molar-refractivity contribution in [3.05, 3.63) is 63.7 Å². The Morgan fingerprint density at radius 2 is 1.60 bits per heavy atom. The highest BCUT2D eigenvalue weighted by Crippen LogP contribution is 2.32. The van der Waals surface area contributed by atoms with Crippen LogP contribution >= 0.6 is 11.6 Å². The summed E-state index contributed by atoms with van der Waals surface area (Å²) in [5.74, 6) is -1.57. The van der Waals surface area contributed by atoms with E-state index in [0.29, 0.717) is 11.3 Å². The minimum Gasteiger partial charge on any atom is -0.481 e. The second-order valence-electron chi connectivity index (χ2n) is 10.4. The molecular formula is C28H39ClN2O4. The van der Waals surface area contributed by atoms with Crippen LogP contribution in [0.15, 0.2) is 36.4 Å². The van der Waals surface area contributed by atoms with Gasteiger partial charge in [-0.3, -0.25) is 9.59 Å². The fourth-order valence-corrected chi connectivity index (χ4v) is 4.58. The van der Waals surface area contributed by atoms with E-state index >= 15 is 0 Å². The number of nitrogens with one attached hydrogen (secondary N) is 2. The van der Waals surface area contributed by atoms with Crippen molar-refractivity contribution in [3.8, 4) is 0 Å². The van der Waals surface area contributed by atoms with Crippen LogP contribution in [0.4, 0.5) is 5.69 Å². The maximum atomic E-state index is 9.64. The maximum absolute atomic E-state index is 9.64. The van der Waals surface area contributed by atoms with Crippen LogP contribution in [-0.2, 0) is 29.0 Å². The molecule has 0 radical (unpaired) electrons. The average molecular weight is 503 g/mol. The Morgan fingerprint density at radius 1 is 1.00 bits per heavy atom. The highest BCUT2D eigenvalue weighted by molar-refractivity contribution is 6.33. The zero-order valence-electron chi connectivity index (χ0n) is 21.3. The molecule has 1 aliphatic rings. The Bertz CT molecular complexity index is 970. The number of fused-ring (bicyclic) bond motifs is 1. The van der Waals surface area contributed by atoms with Gasteiger partial charge in [-0.05, 0) is 72.0 Å². The van der Waals surface area contributed by atoms with E-state index in [4.69, 9.17) is 21.8 Å². The molecule has 1 atom stereocenters. The first-order chi connectivity index (χ1) is 16.5. The zero-order chi connectivity index (χ0) is 26.0. The van der Waals surface area contributed by atoms with Crippen LogP contribution in [-0.4, -0.2) is 35.2 Å². The fraction of sp³-hybridized carbons (Fsp3) is 0.500. The molecule has 6 nitrogen and oxygen atoms in total. The summed E-state index contributed by atoms with van der Waals surface area (Å²) in [6, 6.07) is 13.3. The van der Waals surface area contributed by atoms with Gasteiger partial charge in [-0.1, -0.05) is 69.6 Å². The molecule has 4 N–H and O–H groups in total. The van der Waals surface area contributed by atoms with E-state index in [1.165, 1.54) is 28.7 Å². The quantitative estimate of drug-likeness (QED) is 0.347. The van der Waals surface area contributed by atoms with Gasteiger partial charge in [0.2, 0.25) is 0 Å². The van der Waals surface area contributed by atoms with Crippen LogP contribution in [0.5, 0.6) is 0 Å². The molecule has 0 aliphatic carbocycles. The molecule has 7 heteroatoms. The summed E-state index contributed by atoms with van der Waals surface area (Å²) in [5, 5.41) is 23.7. The number of benzene rings is 2. The standard InChI is InChI=1S/C24H33ClN2.C4H6O4/c1-17(15-24(2,3)4)19-7-5-18(6-8-19)16-27-23-21-12-14-26-13-11-20(21)9-10-22(23)25;5-3(6)1-2-4(7)8/h5-10,17,26-27H,11-16H2,1-4H3;1-2H2,(H,5,6)(H,7,8). The first kappa shape index (κ1) is 28.7. The van der Waals surface area contributed by atoms with Crippen molar-refractivity contribution >= 4 is 29.2 Å². The number of carbonyl (C=O) groups is 2. The Kier molecular flexibility index (Phi) is 11.1. The number of carboxylic acids is 2. The van der Waals surface area contributed by atoms with E-state index in [1.54, 1.807) is 0 Å². The van der Waals surface area contributed by atoms with Crippen molar-refractivity contribution in [2.45, 2.75) is 72.3 Å². The van der Waals surface area contributed by atoms with Crippen molar-refractivity contribution in [2.24, 2.45) is 5.41 Å². The normalized spacial score (nSPS) is 14.1. The van der Waals surface area contributed by atoms with Crippen molar-refractivity contribution in [2.75, 3.05) is 18.4 Å². The average Bonchev–Trinajstić information content (AvgIpc) is 3.02. The molecule has 0 bridgehead atoms. The summed E-state index contributed by atoms with van der Waals surface area (Å²) in [4.78, 5) is 19.3. The van der Waals surface area contributed by atoms with Crippen LogP contribution in [0, 0.1) is 5.41 Å². The highest BCUT2D eigenvalue weighted by Gasteiger charge is 2.17. The third-order valence-electron chi connectivity index (χ3n) is 5.97. The van der Waals surface area contributed by atoms with Gasteiger partial charge < -0.3 is 20.8 Å². The van der Waals surface area contributed by atoms with Crippen LogP contribution in [0.25, 0.3) is 0 Å². The second kappa shape index (κ2) is 13.5. The molecule has 35 heavy (non-hydrogen) atoms. The monoisotopic (exact) mass is 502 g/mol. The lowest BCUT2D eigenvalue weighted by atomic mass is 9.82. The lowest BCUT2D eigenvalue weighted by molar-refractivity contribution is -0.143. The summed E-state index contributed by atoms with van der Waals surface area (Å²) >= 11 is 6.53. The first-order valence-corrected chi connectivity index (χ1v) is 12.6. The van der Waals surface area contributed by atoms with Gasteiger partial charge in [0, 0.05) is 6.54 Å². The predicted octanol–water partition coefficient (Wildman–Crippen LogP) is 6.12. The predicted molar refractivity (Wildman–Crippen MR) is 142 cm³/mol. The number of anilines is 1. The number of hydrogen-bond acceptors (Lipinski definition) is 4. The molecule has 1 aliphatic heterocycles. The molecule has 0 saturated heterocycles. The van der Waals surface area contributed by atoms with E-state index in [2.05, 4.69) is 68.7 Å². The van der Waals surface area contributed by atoms with Crippen LogP contribution < -0.4 is 10.6 Å². The topological polar surface area (TPSA) is 98.7 Å². The number of rotatable bonds is 8. The fourth-order valence-electron chi connectivity index (χ4n) is 4.34. The van der Waals surface area contributed by atoms with E-state index in [1.807, 2.05) is 6.07 Å². The van der Waals surface area contributed by atoms with Gasteiger partial charge >= 0.3 is 11.9 Å². The van der Waals surface area contributed by atoms with Crippen LogP contribution in [0.1, 0.15) is 75.1 Å². The van der Waals surface area contributed by atoms with Crippen LogP contribution in [0.2, 0.25) is 5.02 Å². The smallest absolute Gasteiger partial charge is 0.303 e. The van der Waals surface area contributed by atoms with Gasteiger partial charge in [-0.15, -0.1) is 0 Å². The number of halogens is 1. The van der Waals surface area contributed by atoms with E-state index < -0.39 is 11.9 Å². The Balaban J connectivity index is 0.000000466. The lowest BCUT2D eigenvalue weighted by Gasteiger charge is -2.23. The summed E-state index contributed by atoms with van der Waals surface area (Å²) < 4.78 is 0. The summed E-state index contributed by atoms with van der Waals surface area (Å²) in [6.07, 6.45) is 2.71. The van der Waals surface area contributed by atoms with Crippen molar-refractivity contribution in [1.29, 1.82) is 0 Å². The number of hydrogen-bond donors (Lipinski definition) is 4. The molecule has 1 heterocycles. The van der Waals surface area contributed by atoms with E-state index in [0.717, 1.165) is 43.2 Å². The SMILES string of the molecule is CC(CC(C)(C)C)c1ccc(CNc2c(Cl)ccc3c2CCNCC3)cc1.O=C(O)CCC(=O)O. The van der Waals surface area contributed by atoms with E-state index in [9.17, 15) is 9.59 Å². The number of carboxylic acid groups (broad SMARTS) is 2. The summed E-state index contributed by atoms with van der Waals surface area (Å²) in [7, 11) is 0. The maximum Gasteiger partial charge on any atom is 0.303 e. The molecule has 1 unspecified atom stereocenters. The van der Waals surface area contributed by atoms with Crippen molar-refractivity contribution in [1.82, 2.24) is 5.32 Å².